The lowest BCUT2D eigenvalue weighted by Gasteiger charge is -2.43. The Morgan fingerprint density at radius 2 is 2.00 bits per heavy atom. The molecular weight excluding hydrogens is 144 g/mol. The van der Waals surface area contributed by atoms with Crippen molar-refractivity contribution in [2.75, 3.05) is 0 Å². The van der Waals surface area contributed by atoms with Crippen LogP contribution >= 0.6 is 0 Å². The minimum atomic E-state index is 0.767. The van der Waals surface area contributed by atoms with E-state index < -0.39 is 0 Å². The summed E-state index contributed by atoms with van der Waals surface area (Å²) < 4.78 is 0. The van der Waals surface area contributed by atoms with Crippen LogP contribution in [-0.2, 0) is 0 Å². The zero-order valence-electron chi connectivity index (χ0n) is 8.34. The van der Waals surface area contributed by atoms with E-state index in [2.05, 4.69) is 19.9 Å². The highest BCUT2D eigenvalue weighted by molar-refractivity contribution is 5.20. The quantitative estimate of drug-likeness (QED) is 0.517. The summed E-state index contributed by atoms with van der Waals surface area (Å²) in [6.07, 6.45) is 9.92. The molecular formula is C12H20. The first kappa shape index (κ1) is 8.34. The Hall–Kier alpha value is -0.260. The van der Waals surface area contributed by atoms with Crippen LogP contribution in [0.15, 0.2) is 11.6 Å². The van der Waals surface area contributed by atoms with E-state index >= 15 is 0 Å². The average molecular weight is 164 g/mol. The molecule has 0 saturated heterocycles. The van der Waals surface area contributed by atoms with Crippen LogP contribution in [0.4, 0.5) is 0 Å². The maximum Gasteiger partial charge on any atom is -0.0172 e. The molecule has 2 aliphatic rings. The molecule has 2 atom stereocenters. The van der Waals surface area contributed by atoms with Gasteiger partial charge in [0, 0.05) is 0 Å². The van der Waals surface area contributed by atoms with Gasteiger partial charge in [-0.25, -0.2) is 0 Å². The first-order chi connectivity index (χ1) is 5.77. The largest absolute Gasteiger partial charge is 0.0825 e. The monoisotopic (exact) mass is 164 g/mol. The first-order valence-corrected chi connectivity index (χ1v) is 5.48. The zero-order chi connectivity index (χ0) is 8.55. The van der Waals surface area contributed by atoms with E-state index in [1.807, 2.05) is 0 Å². The second-order valence-corrected chi connectivity index (χ2v) is 4.84. The highest BCUT2D eigenvalue weighted by Gasteiger charge is 2.36. The normalized spacial score (nSPS) is 38.1. The highest BCUT2D eigenvalue weighted by atomic mass is 14.4. The summed E-state index contributed by atoms with van der Waals surface area (Å²) in [6.45, 7) is 4.59. The summed E-state index contributed by atoms with van der Waals surface area (Å²) >= 11 is 0. The van der Waals surface area contributed by atoms with E-state index in [1.165, 1.54) is 32.1 Å². The van der Waals surface area contributed by atoms with Crippen molar-refractivity contribution >= 4 is 0 Å². The van der Waals surface area contributed by atoms with Gasteiger partial charge in [-0.15, -0.1) is 0 Å². The van der Waals surface area contributed by atoms with Crippen molar-refractivity contribution in [3.8, 4) is 0 Å². The Labute approximate surface area is 76.1 Å². The van der Waals surface area contributed by atoms with Crippen LogP contribution in [0.3, 0.4) is 0 Å². The lowest BCUT2D eigenvalue weighted by molar-refractivity contribution is 0.192. The summed E-state index contributed by atoms with van der Waals surface area (Å²) in [5, 5.41) is 0. The van der Waals surface area contributed by atoms with Gasteiger partial charge in [0.15, 0.2) is 0 Å². The summed E-state index contributed by atoms with van der Waals surface area (Å²) in [5.74, 6) is 2.87. The molecule has 12 heavy (non-hydrogen) atoms. The van der Waals surface area contributed by atoms with E-state index in [9.17, 15) is 0 Å². The van der Waals surface area contributed by atoms with Gasteiger partial charge in [-0.2, -0.15) is 0 Å². The van der Waals surface area contributed by atoms with Crippen LogP contribution in [-0.4, -0.2) is 0 Å². The van der Waals surface area contributed by atoms with Crippen molar-refractivity contribution in [2.24, 2.45) is 17.8 Å². The molecule has 0 N–H and O–H groups in total. The Bertz CT molecular complexity index is 188. The number of hydrogen-bond acceptors (Lipinski definition) is 0. The third-order valence-electron chi connectivity index (χ3n) is 3.43. The standard InChI is InChI=1S/C12H20/c1-9(2)7-11-8-10-5-3-4-6-12(10)11/h7,9-10,12H,3-6,8H2,1-2H3/b11-7+. The molecule has 2 fully saturated rings. The molecule has 2 saturated carbocycles. The zero-order valence-corrected chi connectivity index (χ0v) is 8.34. The lowest BCUT2D eigenvalue weighted by Crippen LogP contribution is -2.32. The summed E-state index contributed by atoms with van der Waals surface area (Å²) in [6, 6.07) is 0. The highest BCUT2D eigenvalue weighted by Crippen LogP contribution is 2.49. The van der Waals surface area contributed by atoms with Gasteiger partial charge in [0.25, 0.3) is 0 Å². The summed E-state index contributed by atoms with van der Waals surface area (Å²) in [7, 11) is 0. The van der Waals surface area contributed by atoms with Crippen molar-refractivity contribution in [2.45, 2.75) is 46.0 Å². The molecule has 0 spiro atoms. The van der Waals surface area contributed by atoms with Gasteiger partial charge >= 0.3 is 0 Å². The maximum atomic E-state index is 2.51. The van der Waals surface area contributed by atoms with Crippen molar-refractivity contribution in [3.05, 3.63) is 11.6 Å². The van der Waals surface area contributed by atoms with Crippen molar-refractivity contribution in [1.29, 1.82) is 0 Å². The van der Waals surface area contributed by atoms with Crippen LogP contribution in [0, 0.1) is 17.8 Å². The Morgan fingerprint density at radius 3 is 2.67 bits per heavy atom. The molecule has 0 aliphatic heterocycles. The molecule has 0 amide bonds. The molecule has 0 aromatic heterocycles. The van der Waals surface area contributed by atoms with E-state index in [4.69, 9.17) is 0 Å². The Kier molecular flexibility index (Phi) is 2.25. The lowest BCUT2D eigenvalue weighted by atomic mass is 9.62. The molecule has 2 rings (SSSR count). The van der Waals surface area contributed by atoms with Gasteiger partial charge in [-0.3, -0.25) is 0 Å². The molecule has 0 radical (unpaired) electrons. The first-order valence-electron chi connectivity index (χ1n) is 5.48. The second-order valence-electron chi connectivity index (χ2n) is 4.84. The van der Waals surface area contributed by atoms with E-state index in [1.54, 1.807) is 5.57 Å². The fraction of sp³-hybridized carbons (Fsp3) is 0.833. The maximum absolute atomic E-state index is 2.51. The van der Waals surface area contributed by atoms with Gasteiger partial charge in [0.05, 0.1) is 0 Å². The van der Waals surface area contributed by atoms with Gasteiger partial charge in [0.2, 0.25) is 0 Å². The molecule has 0 bridgehead atoms. The van der Waals surface area contributed by atoms with E-state index in [0.717, 1.165) is 17.8 Å². The van der Waals surface area contributed by atoms with E-state index in [0.29, 0.717) is 0 Å². The molecule has 2 unspecified atom stereocenters. The molecule has 0 aromatic rings. The third-order valence-corrected chi connectivity index (χ3v) is 3.43. The molecule has 2 aliphatic carbocycles. The van der Waals surface area contributed by atoms with Crippen LogP contribution < -0.4 is 0 Å². The minimum Gasteiger partial charge on any atom is -0.0825 e. The molecule has 0 nitrogen and oxygen atoms in total. The van der Waals surface area contributed by atoms with Gasteiger partial charge in [0.1, 0.15) is 0 Å². The molecule has 68 valence electrons. The Balaban J connectivity index is 1.96. The second kappa shape index (κ2) is 3.24. The molecule has 0 heterocycles. The third kappa shape index (κ3) is 1.44. The predicted octanol–water partition coefficient (Wildman–Crippen LogP) is 3.78. The number of allylic oxidation sites excluding steroid dienone is 2. The SMILES string of the molecule is CC(C)/C=C1\CC2CCCCC12. The van der Waals surface area contributed by atoms with Crippen LogP contribution in [0.1, 0.15) is 46.0 Å². The summed E-state index contributed by atoms with van der Waals surface area (Å²) in [4.78, 5) is 0. The van der Waals surface area contributed by atoms with E-state index in [-0.39, 0.29) is 0 Å². The number of rotatable bonds is 1. The predicted molar refractivity (Wildman–Crippen MR) is 53.0 cm³/mol. The topological polar surface area (TPSA) is 0 Å². The van der Waals surface area contributed by atoms with Gasteiger partial charge in [-0.1, -0.05) is 38.3 Å². The molecule has 0 aromatic carbocycles. The van der Waals surface area contributed by atoms with Crippen LogP contribution in [0.25, 0.3) is 0 Å². The Morgan fingerprint density at radius 1 is 1.25 bits per heavy atom. The minimum absolute atomic E-state index is 0.767. The van der Waals surface area contributed by atoms with Crippen LogP contribution in [0.5, 0.6) is 0 Å². The smallest absolute Gasteiger partial charge is 0.0172 e. The summed E-state index contributed by atoms with van der Waals surface area (Å²) in [5.41, 5.74) is 1.79. The van der Waals surface area contributed by atoms with Gasteiger partial charge in [-0.05, 0) is 37.0 Å². The number of fused-ring (bicyclic) bond motifs is 1. The fourth-order valence-electron chi connectivity index (χ4n) is 2.85. The van der Waals surface area contributed by atoms with Crippen molar-refractivity contribution < 1.29 is 0 Å². The fourth-order valence-corrected chi connectivity index (χ4v) is 2.85. The van der Waals surface area contributed by atoms with Gasteiger partial charge < -0.3 is 0 Å². The van der Waals surface area contributed by atoms with Crippen molar-refractivity contribution in [3.63, 3.8) is 0 Å². The molecule has 0 heteroatoms. The number of hydrogen-bond donors (Lipinski definition) is 0. The van der Waals surface area contributed by atoms with Crippen LogP contribution in [0.2, 0.25) is 0 Å². The average Bonchev–Trinajstić information content (AvgIpc) is 2.00. The van der Waals surface area contributed by atoms with Crippen molar-refractivity contribution in [1.82, 2.24) is 0 Å².